The molecule has 1 saturated heterocycles. The Morgan fingerprint density at radius 3 is 2.42 bits per heavy atom. The number of hydrogen-bond acceptors (Lipinski definition) is 4. The Labute approximate surface area is 201 Å². The second-order valence-corrected chi connectivity index (χ2v) is 11.8. The molecule has 2 unspecified atom stereocenters. The van der Waals surface area contributed by atoms with E-state index >= 15 is 0 Å². The fourth-order valence-electron chi connectivity index (χ4n) is 3.94. The van der Waals surface area contributed by atoms with Gasteiger partial charge in [0.05, 0.1) is 6.04 Å². The van der Waals surface area contributed by atoms with Gasteiger partial charge in [0.1, 0.15) is 4.21 Å². The van der Waals surface area contributed by atoms with Crippen LogP contribution in [-0.2, 0) is 10.0 Å². The number of halogens is 3. The molecule has 31 heavy (non-hydrogen) atoms. The van der Waals surface area contributed by atoms with E-state index < -0.39 is 10.0 Å². The van der Waals surface area contributed by atoms with E-state index in [1.54, 1.807) is 23.6 Å². The molecule has 1 aromatic heterocycles. The van der Waals surface area contributed by atoms with Gasteiger partial charge in [-0.2, -0.15) is 0 Å². The monoisotopic (exact) mass is 514 g/mol. The molecule has 4 rings (SSSR count). The molecule has 1 aliphatic heterocycles. The largest absolute Gasteiger partial charge is 0.364 e. The lowest BCUT2D eigenvalue weighted by Gasteiger charge is -2.42. The minimum Gasteiger partial charge on any atom is -0.364 e. The van der Waals surface area contributed by atoms with Crippen molar-refractivity contribution >= 4 is 61.9 Å². The van der Waals surface area contributed by atoms with Gasteiger partial charge in [0.15, 0.2) is 0 Å². The summed E-state index contributed by atoms with van der Waals surface area (Å²) >= 11 is 19.9. The van der Waals surface area contributed by atoms with Gasteiger partial charge in [0.2, 0.25) is 10.0 Å². The molecule has 0 spiro atoms. The van der Waals surface area contributed by atoms with Crippen molar-refractivity contribution in [2.75, 3.05) is 18.0 Å². The zero-order valence-electron chi connectivity index (χ0n) is 16.5. The molecule has 164 valence electrons. The average molecular weight is 516 g/mol. The first kappa shape index (κ1) is 22.9. The Hall–Kier alpha value is -1.28. The highest BCUT2D eigenvalue weighted by Gasteiger charge is 2.31. The first-order chi connectivity index (χ1) is 14.8. The van der Waals surface area contributed by atoms with Crippen LogP contribution in [0.1, 0.15) is 24.4 Å². The Kier molecular flexibility index (Phi) is 7.16. The maximum atomic E-state index is 12.5. The van der Waals surface area contributed by atoms with Gasteiger partial charge in [0.25, 0.3) is 0 Å². The number of anilines is 1. The van der Waals surface area contributed by atoms with E-state index in [4.69, 9.17) is 34.8 Å². The van der Waals surface area contributed by atoms with Gasteiger partial charge >= 0.3 is 0 Å². The third-order valence-electron chi connectivity index (χ3n) is 5.48. The van der Waals surface area contributed by atoms with E-state index in [0.717, 1.165) is 24.1 Å². The summed E-state index contributed by atoms with van der Waals surface area (Å²) in [6.45, 7) is 1.07. The smallest absolute Gasteiger partial charge is 0.250 e. The fourth-order valence-corrected chi connectivity index (χ4v) is 6.75. The van der Waals surface area contributed by atoms with Crippen LogP contribution in [0, 0.1) is 5.92 Å². The quantitative estimate of drug-likeness (QED) is 0.400. The molecule has 1 aliphatic rings. The summed E-state index contributed by atoms with van der Waals surface area (Å²) in [5, 5.41) is 3.66. The Morgan fingerprint density at radius 2 is 1.74 bits per heavy atom. The van der Waals surface area contributed by atoms with Gasteiger partial charge < -0.3 is 4.90 Å². The van der Waals surface area contributed by atoms with Crippen LogP contribution < -0.4 is 9.62 Å². The van der Waals surface area contributed by atoms with Crippen LogP contribution in [0.15, 0.2) is 64.2 Å². The summed E-state index contributed by atoms with van der Waals surface area (Å²) in [5.41, 5.74) is 2.03. The van der Waals surface area contributed by atoms with Gasteiger partial charge in [-0.15, -0.1) is 11.3 Å². The van der Waals surface area contributed by atoms with Crippen molar-refractivity contribution in [1.82, 2.24) is 4.72 Å². The summed E-state index contributed by atoms with van der Waals surface area (Å²) in [6, 6.07) is 16.7. The van der Waals surface area contributed by atoms with Crippen molar-refractivity contribution < 1.29 is 8.42 Å². The van der Waals surface area contributed by atoms with Crippen molar-refractivity contribution in [3.63, 3.8) is 0 Å². The molecule has 0 saturated carbocycles. The maximum absolute atomic E-state index is 12.5. The molecule has 1 fully saturated rings. The summed E-state index contributed by atoms with van der Waals surface area (Å²) in [7, 11) is -3.48. The minimum absolute atomic E-state index is 0.0658. The van der Waals surface area contributed by atoms with Crippen LogP contribution in [0.4, 0.5) is 5.69 Å². The second kappa shape index (κ2) is 9.69. The fraction of sp³-hybridized carbons (Fsp3) is 0.273. The molecule has 0 aliphatic carbocycles. The zero-order chi connectivity index (χ0) is 22.0. The average Bonchev–Trinajstić information content (AvgIpc) is 3.29. The maximum Gasteiger partial charge on any atom is 0.250 e. The van der Waals surface area contributed by atoms with Gasteiger partial charge in [-0.25, -0.2) is 13.1 Å². The first-order valence-corrected chi connectivity index (χ1v) is 13.3. The Morgan fingerprint density at radius 1 is 1.00 bits per heavy atom. The van der Waals surface area contributed by atoms with Crippen LogP contribution in [-0.4, -0.2) is 21.5 Å². The molecule has 1 N–H and O–H groups in total. The number of hydrogen-bond donors (Lipinski definition) is 1. The van der Waals surface area contributed by atoms with Crippen LogP contribution >= 0.6 is 46.1 Å². The number of piperidine rings is 1. The second-order valence-electron chi connectivity index (χ2n) is 7.54. The molecule has 2 atom stereocenters. The van der Waals surface area contributed by atoms with Crippen molar-refractivity contribution in [2.24, 2.45) is 5.92 Å². The van der Waals surface area contributed by atoms with Crippen LogP contribution in [0.5, 0.6) is 0 Å². The van der Waals surface area contributed by atoms with Crippen molar-refractivity contribution in [2.45, 2.75) is 23.1 Å². The van der Waals surface area contributed by atoms with E-state index in [1.165, 1.54) is 11.3 Å². The number of sulfonamides is 1. The molecule has 0 radical (unpaired) electrons. The lowest BCUT2D eigenvalue weighted by molar-refractivity contribution is 0.358. The third kappa shape index (κ3) is 5.38. The normalized spacial score (nSPS) is 19.5. The van der Waals surface area contributed by atoms with Crippen molar-refractivity contribution in [3.8, 4) is 0 Å². The topological polar surface area (TPSA) is 49.4 Å². The summed E-state index contributed by atoms with van der Waals surface area (Å²) in [6.07, 6.45) is 1.72. The Balaban J connectivity index is 1.56. The third-order valence-corrected chi connectivity index (χ3v) is 9.12. The summed E-state index contributed by atoms with van der Waals surface area (Å²) in [5.74, 6) is 0.160. The first-order valence-electron chi connectivity index (χ1n) is 9.84. The lowest BCUT2D eigenvalue weighted by Crippen LogP contribution is -2.42. The van der Waals surface area contributed by atoms with Crippen LogP contribution in [0.3, 0.4) is 0 Å². The standard InChI is InChI=1S/C22H21Cl3N2O2S2/c23-16-4-7-18(8-5-16)27-14-15(13-26-31(28,29)22-2-1-11-30-22)3-10-21(27)19-9-6-17(24)12-20(19)25/h1-2,4-9,11-12,15,21,26H,3,10,13-14H2. The molecular formula is C22H21Cl3N2O2S2. The number of thiophene rings is 1. The SMILES string of the molecule is O=S(=O)(NCC1CCC(c2ccc(Cl)cc2Cl)N(c2ccc(Cl)cc2)C1)c1cccs1. The van der Waals surface area contributed by atoms with Gasteiger partial charge in [-0.1, -0.05) is 46.9 Å². The molecule has 2 heterocycles. The van der Waals surface area contributed by atoms with E-state index in [2.05, 4.69) is 9.62 Å². The zero-order valence-corrected chi connectivity index (χ0v) is 20.4. The van der Waals surface area contributed by atoms with Gasteiger partial charge in [-0.05, 0) is 72.2 Å². The molecule has 0 amide bonds. The van der Waals surface area contributed by atoms with Crippen molar-refractivity contribution in [3.05, 3.63) is 80.6 Å². The summed E-state index contributed by atoms with van der Waals surface area (Å²) < 4.78 is 28.2. The molecule has 4 nitrogen and oxygen atoms in total. The van der Waals surface area contributed by atoms with E-state index in [9.17, 15) is 8.42 Å². The predicted molar refractivity (Wildman–Crippen MR) is 130 cm³/mol. The molecule has 0 bridgehead atoms. The van der Waals surface area contributed by atoms with Crippen LogP contribution in [0.2, 0.25) is 15.1 Å². The van der Waals surface area contributed by atoms with Gasteiger partial charge in [-0.3, -0.25) is 0 Å². The van der Waals surface area contributed by atoms with Gasteiger partial charge in [0, 0.05) is 33.8 Å². The van der Waals surface area contributed by atoms with Crippen molar-refractivity contribution in [1.29, 1.82) is 0 Å². The highest BCUT2D eigenvalue weighted by molar-refractivity contribution is 7.91. The Bertz CT molecular complexity index is 1140. The number of rotatable bonds is 6. The number of benzene rings is 2. The van der Waals surface area contributed by atoms with Crippen LogP contribution in [0.25, 0.3) is 0 Å². The van der Waals surface area contributed by atoms with E-state index in [0.29, 0.717) is 32.4 Å². The number of nitrogens with zero attached hydrogens (tertiary/aromatic N) is 1. The molecule has 9 heteroatoms. The molecular weight excluding hydrogens is 495 g/mol. The van der Waals surface area contributed by atoms with E-state index in [-0.39, 0.29) is 12.0 Å². The van der Waals surface area contributed by atoms with E-state index in [1.807, 2.05) is 36.4 Å². The summed E-state index contributed by atoms with van der Waals surface area (Å²) in [4.78, 5) is 2.28. The lowest BCUT2D eigenvalue weighted by atomic mass is 9.88. The molecule has 2 aromatic carbocycles. The predicted octanol–water partition coefficient (Wildman–Crippen LogP) is 6.64. The highest BCUT2D eigenvalue weighted by Crippen LogP contribution is 2.40. The minimum atomic E-state index is -3.48. The number of nitrogens with one attached hydrogen (secondary N) is 1. The molecule has 3 aromatic rings. The highest BCUT2D eigenvalue weighted by atomic mass is 35.5.